The Kier molecular flexibility index (Phi) is 7.34. The van der Waals surface area contributed by atoms with Crippen molar-refractivity contribution in [3.8, 4) is 0 Å². The maximum absolute atomic E-state index is 14.8. The minimum atomic E-state index is -4.35. The maximum Gasteiger partial charge on any atom is 0.238 e. The summed E-state index contributed by atoms with van der Waals surface area (Å²) in [4.78, 5) is 7.62. The van der Waals surface area contributed by atoms with Crippen molar-refractivity contribution in [2.24, 2.45) is 0 Å². The largest absolute Gasteiger partial charge is 0.267 e. The van der Waals surface area contributed by atoms with Crippen molar-refractivity contribution >= 4 is 37.3 Å². The Morgan fingerprint density at radius 3 is 2.25 bits per heavy atom. The molecule has 0 radical (unpaired) electrons. The van der Waals surface area contributed by atoms with Crippen LogP contribution in [0.25, 0.3) is 0 Å². The van der Waals surface area contributed by atoms with Crippen LogP contribution in [0.1, 0.15) is 21.9 Å². The minimum Gasteiger partial charge on any atom is -0.267 e. The Balaban J connectivity index is 1.78. The summed E-state index contributed by atoms with van der Waals surface area (Å²) in [6, 6.07) is 13.2. The van der Waals surface area contributed by atoms with Crippen molar-refractivity contribution in [1.29, 1.82) is 0 Å². The van der Waals surface area contributed by atoms with Crippen LogP contribution in [-0.4, -0.2) is 26.8 Å². The van der Waals surface area contributed by atoms with Gasteiger partial charge >= 0.3 is 0 Å². The molecule has 2 heterocycles. The lowest BCUT2D eigenvalue weighted by molar-refractivity contribution is 0.569. The zero-order valence-electron chi connectivity index (χ0n) is 18.3. The van der Waals surface area contributed by atoms with E-state index in [0.29, 0.717) is 5.56 Å². The zero-order chi connectivity index (χ0) is 25.9. The number of pyridine rings is 2. The van der Waals surface area contributed by atoms with Crippen molar-refractivity contribution in [3.05, 3.63) is 119 Å². The summed E-state index contributed by atoms with van der Waals surface area (Å²) in [6.07, 6.45) is 4.08. The number of sulfone groups is 1. The topological polar surface area (TPSA) is 106 Å². The average molecular weight is 550 g/mol. The molecule has 0 aliphatic carbocycles. The predicted molar refractivity (Wildman–Crippen MR) is 132 cm³/mol. The van der Waals surface area contributed by atoms with Crippen LogP contribution in [0.15, 0.2) is 90.2 Å². The Bertz CT molecular complexity index is 1600. The molecular weight excluding hydrogens is 532 g/mol. The fourth-order valence-corrected chi connectivity index (χ4v) is 6.63. The first-order valence-electron chi connectivity index (χ1n) is 10.3. The second-order valence-corrected chi connectivity index (χ2v) is 11.9. The molecule has 0 spiro atoms. The Hall–Kier alpha value is -3.41. The van der Waals surface area contributed by atoms with E-state index in [0.717, 1.165) is 18.2 Å². The van der Waals surface area contributed by atoms with E-state index in [9.17, 15) is 25.6 Å². The van der Waals surface area contributed by atoms with Gasteiger partial charge in [-0.15, -0.1) is 0 Å². The van der Waals surface area contributed by atoms with Crippen LogP contribution in [0.2, 0.25) is 5.02 Å². The molecule has 0 fully saturated rings. The fourth-order valence-electron chi connectivity index (χ4n) is 3.56. The number of rotatable bonds is 8. The van der Waals surface area contributed by atoms with Gasteiger partial charge in [-0.25, -0.2) is 30.6 Å². The number of halogens is 3. The molecule has 2 aromatic heterocycles. The molecule has 186 valence electrons. The van der Waals surface area contributed by atoms with Crippen molar-refractivity contribution in [1.82, 2.24) is 9.97 Å². The van der Waals surface area contributed by atoms with Gasteiger partial charge < -0.3 is 0 Å². The number of anilines is 1. The predicted octanol–water partition coefficient (Wildman–Crippen LogP) is 4.91. The molecule has 0 amide bonds. The molecule has 0 saturated carbocycles. The second kappa shape index (κ2) is 10.3. The van der Waals surface area contributed by atoms with Gasteiger partial charge in [0.05, 0.1) is 10.6 Å². The summed E-state index contributed by atoms with van der Waals surface area (Å²) < 4.78 is 83.8. The highest BCUT2D eigenvalue weighted by atomic mass is 35.5. The van der Waals surface area contributed by atoms with Crippen LogP contribution < -0.4 is 4.72 Å². The molecule has 4 rings (SSSR count). The molecule has 1 unspecified atom stereocenters. The molecule has 1 atom stereocenters. The van der Waals surface area contributed by atoms with Crippen LogP contribution in [0.4, 0.5) is 14.6 Å². The van der Waals surface area contributed by atoms with E-state index in [1.54, 1.807) is 0 Å². The number of hydrogen-bond acceptors (Lipinski definition) is 6. The van der Waals surface area contributed by atoms with Gasteiger partial charge in [0.1, 0.15) is 22.7 Å². The first-order chi connectivity index (χ1) is 17.0. The lowest BCUT2D eigenvalue weighted by Gasteiger charge is -2.20. The molecule has 2 aromatic carbocycles. The number of aromatic nitrogens is 2. The standard InChI is InChI=1S/C24H18ClF2N3O4S2/c25-18-1-4-20(5-2-18)36(33,34)24(21-14-19(26)3-6-22(21)27)17-9-12-29-23(13-17)30-35(31,32)15-16-7-10-28-11-8-16/h1-14,24H,15H2,(H,29,30). The SMILES string of the molecule is O=S(=O)(Cc1ccncc1)Nc1cc(C(c2cc(F)ccc2F)S(=O)(=O)c2ccc(Cl)cc2)ccn1. The second-order valence-electron chi connectivity index (χ2n) is 7.74. The number of sulfonamides is 1. The highest BCUT2D eigenvalue weighted by molar-refractivity contribution is 7.92. The molecule has 12 heteroatoms. The number of nitrogens with one attached hydrogen (secondary N) is 1. The lowest BCUT2D eigenvalue weighted by Crippen LogP contribution is -2.19. The van der Waals surface area contributed by atoms with Gasteiger partial charge in [0.25, 0.3) is 0 Å². The van der Waals surface area contributed by atoms with Crippen LogP contribution in [0, 0.1) is 11.6 Å². The third-order valence-electron chi connectivity index (χ3n) is 5.15. The maximum atomic E-state index is 14.8. The van der Waals surface area contributed by atoms with E-state index < -0.39 is 42.3 Å². The Morgan fingerprint density at radius 2 is 1.56 bits per heavy atom. The van der Waals surface area contributed by atoms with Gasteiger partial charge in [-0.3, -0.25) is 9.71 Å². The minimum absolute atomic E-state index is 0.0222. The molecule has 4 aromatic rings. The lowest BCUT2D eigenvalue weighted by atomic mass is 10.0. The van der Waals surface area contributed by atoms with Crippen molar-refractivity contribution in [2.75, 3.05) is 4.72 Å². The van der Waals surface area contributed by atoms with E-state index in [2.05, 4.69) is 14.7 Å². The van der Waals surface area contributed by atoms with Gasteiger partial charge in [0.2, 0.25) is 10.0 Å². The van der Waals surface area contributed by atoms with Crippen LogP contribution >= 0.6 is 11.6 Å². The zero-order valence-corrected chi connectivity index (χ0v) is 20.7. The summed E-state index contributed by atoms with van der Waals surface area (Å²) in [5.74, 6) is -2.35. The van der Waals surface area contributed by atoms with Gasteiger partial charge in [-0.05, 0) is 77.9 Å². The first kappa shape index (κ1) is 25.7. The van der Waals surface area contributed by atoms with E-state index in [4.69, 9.17) is 11.6 Å². The van der Waals surface area contributed by atoms with E-state index in [-0.39, 0.29) is 27.1 Å². The van der Waals surface area contributed by atoms with E-state index in [1.807, 2.05) is 0 Å². The number of hydrogen-bond donors (Lipinski definition) is 1. The molecule has 36 heavy (non-hydrogen) atoms. The third-order valence-corrected chi connectivity index (χ3v) is 8.71. The van der Waals surface area contributed by atoms with Crippen molar-refractivity contribution in [3.63, 3.8) is 0 Å². The van der Waals surface area contributed by atoms with Crippen molar-refractivity contribution in [2.45, 2.75) is 15.9 Å². The molecule has 1 N–H and O–H groups in total. The summed E-state index contributed by atoms with van der Waals surface area (Å²) in [5.41, 5.74) is 0.00600. The smallest absolute Gasteiger partial charge is 0.238 e. The summed E-state index contributed by atoms with van der Waals surface area (Å²) >= 11 is 5.88. The molecule has 7 nitrogen and oxygen atoms in total. The summed E-state index contributed by atoms with van der Waals surface area (Å²) in [5, 5.41) is -1.42. The quantitative estimate of drug-likeness (QED) is 0.334. The molecule has 0 aliphatic rings. The van der Waals surface area contributed by atoms with Gasteiger partial charge in [-0.1, -0.05) is 11.6 Å². The fraction of sp³-hybridized carbons (Fsp3) is 0.0833. The van der Waals surface area contributed by atoms with Crippen LogP contribution in [-0.2, 0) is 25.6 Å². The monoisotopic (exact) mass is 549 g/mol. The first-order valence-corrected chi connectivity index (χ1v) is 13.9. The van der Waals surface area contributed by atoms with Gasteiger partial charge in [0, 0.05) is 29.2 Å². The number of nitrogens with zero attached hydrogens (tertiary/aromatic N) is 2. The normalized spacial score (nSPS) is 12.8. The average Bonchev–Trinajstić information content (AvgIpc) is 2.82. The Morgan fingerprint density at radius 1 is 0.861 bits per heavy atom. The summed E-state index contributed by atoms with van der Waals surface area (Å²) in [6.45, 7) is 0. The molecule has 0 saturated heterocycles. The Labute approximate surface area is 211 Å². The van der Waals surface area contributed by atoms with Gasteiger partial charge in [0.15, 0.2) is 9.84 Å². The van der Waals surface area contributed by atoms with Crippen molar-refractivity contribution < 1.29 is 25.6 Å². The van der Waals surface area contributed by atoms with Crippen LogP contribution in [0.3, 0.4) is 0 Å². The highest BCUT2D eigenvalue weighted by Crippen LogP contribution is 2.37. The molecule has 0 bridgehead atoms. The van der Waals surface area contributed by atoms with Crippen LogP contribution in [0.5, 0.6) is 0 Å². The van der Waals surface area contributed by atoms with Gasteiger partial charge in [-0.2, -0.15) is 0 Å². The molecule has 0 aliphatic heterocycles. The summed E-state index contributed by atoms with van der Waals surface area (Å²) in [7, 11) is -8.29. The molecular formula is C24H18ClF2N3O4S2. The number of benzene rings is 2. The highest BCUT2D eigenvalue weighted by Gasteiger charge is 2.34. The van der Waals surface area contributed by atoms with E-state index in [1.165, 1.54) is 67.1 Å². The third kappa shape index (κ3) is 5.86. The van der Waals surface area contributed by atoms with E-state index >= 15 is 0 Å².